The third-order valence-corrected chi connectivity index (χ3v) is 3.67. The van der Waals surface area contributed by atoms with E-state index in [1.54, 1.807) is 0 Å². The lowest BCUT2D eigenvalue weighted by Gasteiger charge is -2.35. The van der Waals surface area contributed by atoms with Crippen LogP contribution in [0.4, 0.5) is 0 Å². The molecule has 1 aliphatic heterocycles. The molecule has 1 N–H and O–H groups in total. The first-order valence-electron chi connectivity index (χ1n) is 6.14. The number of likely N-dealkylation sites (N-methyl/N-ethyl adjacent to an activating group) is 1. The number of hydrogen-bond acceptors (Lipinski definition) is 2. The van der Waals surface area contributed by atoms with Gasteiger partial charge in [0.25, 0.3) is 0 Å². The molecule has 3 nitrogen and oxygen atoms in total. The second kappa shape index (κ2) is 5.32. The molecule has 1 aromatic rings. The average Bonchev–Trinajstić information content (AvgIpc) is 2.33. The highest BCUT2D eigenvalue weighted by atomic mass is 16.4. The van der Waals surface area contributed by atoms with Crippen molar-refractivity contribution in [2.24, 2.45) is 5.92 Å². The molecule has 0 radical (unpaired) electrons. The molecule has 3 heteroatoms. The van der Waals surface area contributed by atoms with Crippen LogP contribution in [0.25, 0.3) is 0 Å². The molecule has 0 bridgehead atoms. The van der Waals surface area contributed by atoms with Crippen LogP contribution in [0.3, 0.4) is 0 Å². The second-order valence-corrected chi connectivity index (χ2v) is 4.88. The van der Waals surface area contributed by atoms with Crippen molar-refractivity contribution >= 4 is 5.97 Å². The number of carboxylic acids is 1. The summed E-state index contributed by atoms with van der Waals surface area (Å²) in [6.07, 6.45) is 2.49. The third kappa shape index (κ3) is 3.07. The number of hydrogen-bond donors (Lipinski definition) is 1. The van der Waals surface area contributed by atoms with Crippen molar-refractivity contribution in [1.82, 2.24) is 4.90 Å². The summed E-state index contributed by atoms with van der Waals surface area (Å²) in [6, 6.07) is 10.6. The molecular weight excluding hydrogens is 214 g/mol. The molecular formula is C14H19NO2. The molecule has 0 saturated carbocycles. The minimum absolute atomic E-state index is 0.167. The van der Waals surface area contributed by atoms with E-state index in [1.807, 2.05) is 18.2 Å². The maximum absolute atomic E-state index is 11.0. The second-order valence-electron chi connectivity index (χ2n) is 4.88. The molecule has 1 aromatic carbocycles. The summed E-state index contributed by atoms with van der Waals surface area (Å²) < 4.78 is 0. The van der Waals surface area contributed by atoms with Crippen LogP contribution in [0.2, 0.25) is 0 Å². The average molecular weight is 233 g/mol. The number of benzene rings is 1. The monoisotopic (exact) mass is 233 g/mol. The molecule has 1 heterocycles. The van der Waals surface area contributed by atoms with E-state index in [1.165, 1.54) is 5.56 Å². The van der Waals surface area contributed by atoms with Crippen molar-refractivity contribution in [2.75, 3.05) is 13.6 Å². The van der Waals surface area contributed by atoms with Gasteiger partial charge in [-0.25, -0.2) is 0 Å². The first kappa shape index (κ1) is 12.1. The first-order valence-corrected chi connectivity index (χ1v) is 6.14. The van der Waals surface area contributed by atoms with Gasteiger partial charge in [0.2, 0.25) is 0 Å². The molecule has 0 aliphatic carbocycles. The third-order valence-electron chi connectivity index (χ3n) is 3.67. The van der Waals surface area contributed by atoms with E-state index in [-0.39, 0.29) is 5.92 Å². The number of carbonyl (C=O) groups is 1. The van der Waals surface area contributed by atoms with Crippen molar-refractivity contribution in [1.29, 1.82) is 0 Å². The summed E-state index contributed by atoms with van der Waals surface area (Å²) in [5.74, 6) is -0.809. The largest absolute Gasteiger partial charge is 0.481 e. The van der Waals surface area contributed by atoms with Crippen LogP contribution in [0.5, 0.6) is 0 Å². The molecule has 0 amide bonds. The topological polar surface area (TPSA) is 40.5 Å². The van der Waals surface area contributed by atoms with E-state index in [4.69, 9.17) is 5.11 Å². The Hall–Kier alpha value is -1.35. The predicted octanol–water partition coefficient (Wildman–Crippen LogP) is 2.02. The lowest BCUT2D eigenvalue weighted by molar-refractivity contribution is -0.143. The fraction of sp³-hybridized carbons (Fsp3) is 0.500. The maximum Gasteiger partial charge on any atom is 0.306 e. The molecule has 0 aromatic heterocycles. The lowest BCUT2D eigenvalue weighted by Crippen LogP contribution is -2.43. The zero-order chi connectivity index (χ0) is 12.3. The van der Waals surface area contributed by atoms with Crippen LogP contribution in [-0.4, -0.2) is 35.6 Å². The van der Waals surface area contributed by atoms with E-state index in [0.717, 1.165) is 25.8 Å². The van der Waals surface area contributed by atoms with E-state index >= 15 is 0 Å². The Labute approximate surface area is 102 Å². The van der Waals surface area contributed by atoms with Gasteiger partial charge < -0.3 is 10.0 Å². The van der Waals surface area contributed by atoms with Crippen molar-refractivity contribution in [3.8, 4) is 0 Å². The number of carboxylic acid groups (broad SMARTS) is 1. The number of piperidine rings is 1. The summed E-state index contributed by atoms with van der Waals surface area (Å²) in [6.45, 7) is 0.883. The Balaban J connectivity index is 2.01. The predicted molar refractivity (Wildman–Crippen MR) is 66.9 cm³/mol. The van der Waals surface area contributed by atoms with Crippen molar-refractivity contribution in [3.63, 3.8) is 0 Å². The molecule has 2 unspecified atom stereocenters. The fourth-order valence-corrected chi connectivity index (χ4v) is 2.52. The highest BCUT2D eigenvalue weighted by Gasteiger charge is 2.30. The zero-order valence-corrected chi connectivity index (χ0v) is 10.2. The fourth-order valence-electron chi connectivity index (χ4n) is 2.52. The molecule has 2 rings (SSSR count). The van der Waals surface area contributed by atoms with Gasteiger partial charge in [-0.2, -0.15) is 0 Å². The quantitative estimate of drug-likeness (QED) is 0.868. The lowest BCUT2D eigenvalue weighted by atomic mass is 9.88. The summed E-state index contributed by atoms with van der Waals surface area (Å²) >= 11 is 0. The molecule has 92 valence electrons. The van der Waals surface area contributed by atoms with Crippen LogP contribution in [-0.2, 0) is 11.2 Å². The molecule has 17 heavy (non-hydrogen) atoms. The Morgan fingerprint density at radius 1 is 1.41 bits per heavy atom. The van der Waals surface area contributed by atoms with E-state index < -0.39 is 5.97 Å². The van der Waals surface area contributed by atoms with Gasteiger partial charge >= 0.3 is 5.97 Å². The van der Waals surface area contributed by atoms with Gasteiger partial charge in [-0.3, -0.25) is 4.79 Å². The normalized spacial score (nSPS) is 25.7. The Morgan fingerprint density at radius 2 is 2.12 bits per heavy atom. The molecule has 2 atom stereocenters. The SMILES string of the molecule is CN1CCC(C(=O)O)CC1Cc1ccccc1. The van der Waals surface area contributed by atoms with E-state index in [0.29, 0.717) is 6.04 Å². The van der Waals surface area contributed by atoms with Crippen LogP contribution in [0, 0.1) is 5.92 Å². The highest BCUT2D eigenvalue weighted by Crippen LogP contribution is 2.24. The smallest absolute Gasteiger partial charge is 0.306 e. The molecule has 1 fully saturated rings. The van der Waals surface area contributed by atoms with Gasteiger partial charge in [0, 0.05) is 6.04 Å². The minimum Gasteiger partial charge on any atom is -0.481 e. The van der Waals surface area contributed by atoms with Crippen LogP contribution >= 0.6 is 0 Å². The van der Waals surface area contributed by atoms with Gasteiger partial charge in [-0.15, -0.1) is 0 Å². The van der Waals surface area contributed by atoms with Crippen LogP contribution in [0.15, 0.2) is 30.3 Å². The van der Waals surface area contributed by atoms with E-state index in [2.05, 4.69) is 24.1 Å². The summed E-state index contributed by atoms with van der Waals surface area (Å²) in [4.78, 5) is 13.3. The number of likely N-dealkylation sites (tertiary alicyclic amines) is 1. The standard InChI is InChI=1S/C14H19NO2/c1-15-8-7-12(14(16)17)10-13(15)9-11-5-3-2-4-6-11/h2-6,12-13H,7-10H2,1H3,(H,16,17). The number of rotatable bonds is 3. The van der Waals surface area contributed by atoms with Crippen molar-refractivity contribution in [2.45, 2.75) is 25.3 Å². The molecule has 0 spiro atoms. The maximum atomic E-state index is 11.0. The summed E-state index contributed by atoms with van der Waals surface area (Å²) in [5.41, 5.74) is 1.29. The van der Waals surface area contributed by atoms with Crippen molar-refractivity contribution < 1.29 is 9.90 Å². The first-order chi connectivity index (χ1) is 8.16. The zero-order valence-electron chi connectivity index (χ0n) is 10.2. The molecule has 1 aliphatic rings. The number of aliphatic carboxylic acids is 1. The van der Waals surface area contributed by atoms with Gasteiger partial charge in [-0.1, -0.05) is 30.3 Å². The van der Waals surface area contributed by atoms with Crippen LogP contribution in [0.1, 0.15) is 18.4 Å². The Bertz CT molecular complexity index is 377. The van der Waals surface area contributed by atoms with Gasteiger partial charge in [0.1, 0.15) is 0 Å². The van der Waals surface area contributed by atoms with Gasteiger partial charge in [0.05, 0.1) is 5.92 Å². The summed E-state index contributed by atoms with van der Waals surface area (Å²) in [7, 11) is 2.09. The highest BCUT2D eigenvalue weighted by molar-refractivity contribution is 5.70. The summed E-state index contributed by atoms with van der Waals surface area (Å²) in [5, 5.41) is 9.09. The van der Waals surface area contributed by atoms with Gasteiger partial charge in [0.15, 0.2) is 0 Å². The van der Waals surface area contributed by atoms with Crippen LogP contribution < -0.4 is 0 Å². The van der Waals surface area contributed by atoms with Crippen molar-refractivity contribution in [3.05, 3.63) is 35.9 Å². The molecule has 1 saturated heterocycles. The van der Waals surface area contributed by atoms with E-state index in [9.17, 15) is 4.79 Å². The van der Waals surface area contributed by atoms with Gasteiger partial charge in [-0.05, 0) is 38.4 Å². The Kier molecular flexibility index (Phi) is 3.79. The Morgan fingerprint density at radius 3 is 2.76 bits per heavy atom. The minimum atomic E-state index is -0.642. The number of nitrogens with zero attached hydrogens (tertiary/aromatic N) is 1.